The lowest BCUT2D eigenvalue weighted by atomic mass is 10.1. The molecule has 0 atom stereocenters. The van der Waals surface area contributed by atoms with Crippen LogP contribution in [-0.2, 0) is 24.3 Å². The maximum absolute atomic E-state index is 13.7. The van der Waals surface area contributed by atoms with Crippen LogP contribution in [0.1, 0.15) is 29.5 Å². The Morgan fingerprint density at radius 1 is 1.07 bits per heavy atom. The van der Waals surface area contributed by atoms with Gasteiger partial charge in [0.05, 0.1) is 0 Å². The minimum absolute atomic E-state index is 0. The molecular weight excluding hydrogens is 482 g/mol. The van der Waals surface area contributed by atoms with Crippen molar-refractivity contribution in [3.8, 4) is 0 Å². The van der Waals surface area contributed by atoms with Crippen LogP contribution in [0.3, 0.4) is 0 Å². The Morgan fingerprint density at radius 3 is 2.41 bits per heavy atom. The van der Waals surface area contributed by atoms with Crippen LogP contribution in [0.15, 0.2) is 53.5 Å². The van der Waals surface area contributed by atoms with Gasteiger partial charge in [0.15, 0.2) is 5.96 Å². The van der Waals surface area contributed by atoms with E-state index in [0.29, 0.717) is 44.0 Å². The molecule has 2 N–H and O–H groups in total. The van der Waals surface area contributed by atoms with Crippen molar-refractivity contribution in [1.82, 2.24) is 15.5 Å². The maximum atomic E-state index is 13.7. The van der Waals surface area contributed by atoms with Crippen molar-refractivity contribution in [1.29, 1.82) is 0 Å². The van der Waals surface area contributed by atoms with Gasteiger partial charge in [-0.25, -0.2) is 4.39 Å². The Hall–Kier alpha value is -2.16. The molecule has 2 aromatic rings. The van der Waals surface area contributed by atoms with E-state index >= 15 is 0 Å². The van der Waals surface area contributed by atoms with Gasteiger partial charge >= 0.3 is 0 Å². The highest BCUT2D eigenvalue weighted by Crippen LogP contribution is 2.17. The lowest BCUT2D eigenvalue weighted by molar-refractivity contribution is -0.128. The van der Waals surface area contributed by atoms with Gasteiger partial charge in [0.1, 0.15) is 5.82 Å². The highest BCUT2D eigenvalue weighted by molar-refractivity contribution is 14.0. The van der Waals surface area contributed by atoms with Crippen LogP contribution in [0.2, 0.25) is 0 Å². The highest BCUT2D eigenvalue weighted by Gasteiger charge is 2.20. The average Bonchev–Trinajstić information content (AvgIpc) is 3.11. The molecule has 1 amide bonds. The van der Waals surface area contributed by atoms with Gasteiger partial charge in [-0.2, -0.15) is 0 Å². The smallest absolute Gasteiger partial charge is 0.222 e. The number of hydrogen-bond donors (Lipinski definition) is 2. The van der Waals surface area contributed by atoms with E-state index in [1.165, 1.54) is 6.07 Å². The number of carbonyl (C=O) groups is 1. The second-order valence-electron chi connectivity index (χ2n) is 6.88. The minimum atomic E-state index is -0.183. The summed E-state index contributed by atoms with van der Waals surface area (Å²) in [5, 5.41) is 6.53. The summed E-state index contributed by atoms with van der Waals surface area (Å²) in [7, 11) is 1.72. The standard InChI is InChI=1S/C22H27FN4O.HI/c1-24-22(25-13-12-17-7-4-5-10-20(17)23)26-15-18-8-2-3-9-19(18)16-27-14-6-11-21(27)28;/h2-5,7-10H,6,11-16H2,1H3,(H2,24,25,26);1H. The first-order valence-electron chi connectivity index (χ1n) is 9.70. The van der Waals surface area contributed by atoms with Gasteiger partial charge in [0.2, 0.25) is 5.91 Å². The molecule has 156 valence electrons. The number of rotatable bonds is 7. The van der Waals surface area contributed by atoms with E-state index in [1.807, 2.05) is 23.1 Å². The molecular formula is C22H28FIN4O. The third kappa shape index (κ3) is 6.69. The summed E-state index contributed by atoms with van der Waals surface area (Å²) in [5.74, 6) is 0.717. The van der Waals surface area contributed by atoms with Crippen LogP contribution in [0, 0.1) is 5.82 Å². The molecule has 0 radical (unpaired) electrons. The summed E-state index contributed by atoms with van der Waals surface area (Å²) in [6.45, 7) is 2.68. The fourth-order valence-corrected chi connectivity index (χ4v) is 3.38. The molecule has 0 saturated carbocycles. The predicted molar refractivity (Wildman–Crippen MR) is 125 cm³/mol. The van der Waals surface area contributed by atoms with E-state index in [4.69, 9.17) is 0 Å². The summed E-state index contributed by atoms with van der Waals surface area (Å²) in [5.41, 5.74) is 2.97. The Morgan fingerprint density at radius 2 is 1.76 bits per heavy atom. The van der Waals surface area contributed by atoms with Crippen molar-refractivity contribution in [3.63, 3.8) is 0 Å². The van der Waals surface area contributed by atoms with Crippen LogP contribution >= 0.6 is 24.0 Å². The zero-order valence-corrected chi connectivity index (χ0v) is 19.0. The highest BCUT2D eigenvalue weighted by atomic mass is 127. The van der Waals surface area contributed by atoms with Crippen molar-refractivity contribution in [2.75, 3.05) is 20.1 Å². The Labute approximate surface area is 188 Å². The van der Waals surface area contributed by atoms with E-state index in [2.05, 4.69) is 27.8 Å². The Bertz CT molecular complexity index is 843. The number of nitrogens with one attached hydrogen (secondary N) is 2. The molecule has 1 heterocycles. The van der Waals surface area contributed by atoms with Crippen molar-refractivity contribution in [2.24, 2.45) is 4.99 Å². The number of amides is 1. The molecule has 1 aliphatic rings. The summed E-state index contributed by atoms with van der Waals surface area (Å²) in [6, 6.07) is 14.9. The molecule has 0 aromatic heterocycles. The van der Waals surface area contributed by atoms with Gasteiger partial charge in [-0.1, -0.05) is 42.5 Å². The molecule has 0 spiro atoms. The van der Waals surface area contributed by atoms with Crippen LogP contribution in [0.5, 0.6) is 0 Å². The number of likely N-dealkylation sites (tertiary alicyclic amines) is 1. The van der Waals surface area contributed by atoms with E-state index in [9.17, 15) is 9.18 Å². The van der Waals surface area contributed by atoms with Crippen LogP contribution in [0.25, 0.3) is 0 Å². The number of hydrogen-bond acceptors (Lipinski definition) is 2. The topological polar surface area (TPSA) is 56.7 Å². The van der Waals surface area contributed by atoms with Crippen molar-refractivity contribution < 1.29 is 9.18 Å². The van der Waals surface area contributed by atoms with Gasteiger partial charge in [0, 0.05) is 39.6 Å². The molecule has 7 heteroatoms. The molecule has 3 rings (SSSR count). The van der Waals surface area contributed by atoms with E-state index < -0.39 is 0 Å². The third-order valence-corrected chi connectivity index (χ3v) is 4.97. The number of nitrogens with zero attached hydrogens (tertiary/aromatic N) is 2. The third-order valence-electron chi connectivity index (χ3n) is 4.97. The molecule has 1 aliphatic heterocycles. The zero-order chi connectivity index (χ0) is 19.8. The summed E-state index contributed by atoms with van der Waals surface area (Å²) in [6.07, 6.45) is 2.18. The van der Waals surface area contributed by atoms with Crippen LogP contribution in [-0.4, -0.2) is 36.9 Å². The number of halogens is 2. The normalized spacial score (nSPS) is 13.9. The Balaban J connectivity index is 0.00000300. The van der Waals surface area contributed by atoms with Crippen molar-refractivity contribution in [3.05, 3.63) is 71.0 Å². The molecule has 0 unspecified atom stereocenters. The number of carbonyl (C=O) groups excluding carboxylic acids is 1. The van der Waals surface area contributed by atoms with Gasteiger partial charge in [-0.15, -0.1) is 24.0 Å². The lowest BCUT2D eigenvalue weighted by Crippen LogP contribution is -2.38. The SMILES string of the molecule is CN=C(NCCc1ccccc1F)NCc1ccccc1CN1CCCC1=O.I. The summed E-state index contributed by atoms with van der Waals surface area (Å²) >= 11 is 0. The van der Waals surface area contributed by atoms with E-state index in [0.717, 1.165) is 24.1 Å². The average molecular weight is 510 g/mol. The molecule has 1 fully saturated rings. The molecule has 2 aromatic carbocycles. The van der Waals surface area contributed by atoms with Crippen molar-refractivity contribution in [2.45, 2.75) is 32.4 Å². The monoisotopic (exact) mass is 510 g/mol. The van der Waals surface area contributed by atoms with Gasteiger partial charge < -0.3 is 15.5 Å². The maximum Gasteiger partial charge on any atom is 0.222 e. The number of aliphatic imine (C=N–C) groups is 1. The molecule has 0 bridgehead atoms. The van der Waals surface area contributed by atoms with Gasteiger partial charge in [-0.05, 0) is 35.6 Å². The van der Waals surface area contributed by atoms with Crippen LogP contribution in [0.4, 0.5) is 4.39 Å². The molecule has 29 heavy (non-hydrogen) atoms. The quantitative estimate of drug-likeness (QED) is 0.341. The second kappa shape index (κ2) is 11.7. The number of benzene rings is 2. The predicted octanol–water partition coefficient (Wildman–Crippen LogP) is 3.47. The fourth-order valence-electron chi connectivity index (χ4n) is 3.38. The van der Waals surface area contributed by atoms with E-state index in [1.54, 1.807) is 19.2 Å². The van der Waals surface area contributed by atoms with Crippen molar-refractivity contribution >= 4 is 35.8 Å². The minimum Gasteiger partial charge on any atom is -0.356 e. The zero-order valence-electron chi connectivity index (χ0n) is 16.7. The Kier molecular flexibility index (Phi) is 9.37. The van der Waals surface area contributed by atoms with Gasteiger partial charge in [-0.3, -0.25) is 9.79 Å². The van der Waals surface area contributed by atoms with Crippen LogP contribution < -0.4 is 10.6 Å². The van der Waals surface area contributed by atoms with Gasteiger partial charge in [0.25, 0.3) is 0 Å². The van der Waals surface area contributed by atoms with E-state index in [-0.39, 0.29) is 35.7 Å². The fraction of sp³-hybridized carbons (Fsp3) is 0.364. The first-order chi connectivity index (χ1) is 13.7. The number of guanidine groups is 1. The largest absolute Gasteiger partial charge is 0.356 e. The summed E-state index contributed by atoms with van der Waals surface area (Å²) < 4.78 is 13.7. The molecule has 1 saturated heterocycles. The first-order valence-corrected chi connectivity index (χ1v) is 9.70. The lowest BCUT2D eigenvalue weighted by Gasteiger charge is -2.19. The second-order valence-corrected chi connectivity index (χ2v) is 6.88. The summed E-state index contributed by atoms with van der Waals surface area (Å²) in [4.78, 5) is 18.1. The molecule has 0 aliphatic carbocycles. The first kappa shape index (κ1) is 23.1. The molecule has 5 nitrogen and oxygen atoms in total.